The molecule has 12 nitrogen and oxygen atoms in total. The lowest BCUT2D eigenvalue weighted by Gasteiger charge is -2.63. The van der Waals surface area contributed by atoms with E-state index in [0.29, 0.717) is 19.3 Å². The molecule has 0 heterocycles. The number of ketones is 2. The average Bonchev–Trinajstić information content (AvgIpc) is 3.11. The van der Waals surface area contributed by atoms with Gasteiger partial charge in [0.1, 0.15) is 12.1 Å². The lowest BCUT2D eigenvalue weighted by atomic mass is 9.45. The van der Waals surface area contributed by atoms with Crippen LogP contribution in [-0.4, -0.2) is 85.8 Å². The maximum atomic E-state index is 13.5. The quantitative estimate of drug-likeness (QED) is 0.107. The summed E-state index contributed by atoms with van der Waals surface area (Å²) in [4.78, 5) is 52.9. The molecule has 1 amide bonds. The van der Waals surface area contributed by atoms with E-state index in [1.165, 1.54) is 6.08 Å². The number of ether oxygens (including phenoxy) is 1. The number of hydrogen-bond donors (Lipinski definition) is 5. The van der Waals surface area contributed by atoms with E-state index in [1.54, 1.807) is 26.0 Å². The van der Waals surface area contributed by atoms with E-state index in [9.17, 15) is 29.4 Å². The van der Waals surface area contributed by atoms with Crippen molar-refractivity contribution < 1.29 is 49.4 Å². The van der Waals surface area contributed by atoms with Crippen molar-refractivity contribution in [3.63, 3.8) is 0 Å². The van der Waals surface area contributed by atoms with Gasteiger partial charge in [-0.15, -0.1) is 11.6 Å². The number of fused-ring (bicyclic) bond motifs is 5. The van der Waals surface area contributed by atoms with Crippen LogP contribution in [0.15, 0.2) is 23.8 Å². The molecule has 0 radical (unpaired) electrons. The largest absolute Gasteiger partial charge is 0.456 e. The minimum atomic E-state index is -1.89. The highest BCUT2D eigenvalue weighted by Gasteiger charge is 2.74. The highest BCUT2D eigenvalue weighted by Crippen LogP contribution is 2.71. The normalized spacial score (nSPS) is 39.4. The maximum Gasteiger partial charge on any atom is 0.325 e. The van der Waals surface area contributed by atoms with Crippen molar-refractivity contribution in [1.82, 2.24) is 10.7 Å². The average molecular weight is 599 g/mol. The van der Waals surface area contributed by atoms with E-state index < -0.39 is 69.5 Å². The molecule has 4 rings (SSSR count). The number of hydrogen-bond acceptors (Lipinski definition) is 11. The number of allylic oxidation sites excluding steroid dienone is 4. The Bertz CT molecular complexity index is 1160. The van der Waals surface area contributed by atoms with E-state index in [-0.39, 0.29) is 43.5 Å². The van der Waals surface area contributed by atoms with Crippen molar-refractivity contribution in [3.8, 4) is 0 Å². The predicted octanol–water partition coefficient (Wildman–Crippen LogP) is 1.62. The minimum absolute atomic E-state index is 0.0486. The molecule has 4 aliphatic carbocycles. The second-order valence-electron chi connectivity index (χ2n) is 12.2. The molecule has 41 heavy (non-hydrogen) atoms. The number of Topliss-reactive ketones (excluding diaryl/α,β-unsaturated/α-hetero) is 1. The first-order valence-corrected chi connectivity index (χ1v) is 14.3. The van der Waals surface area contributed by atoms with Crippen molar-refractivity contribution in [3.05, 3.63) is 23.8 Å². The second-order valence-corrected chi connectivity index (χ2v) is 12.8. The minimum Gasteiger partial charge on any atom is -0.456 e. The molecule has 4 aliphatic rings. The van der Waals surface area contributed by atoms with E-state index >= 15 is 0 Å². The van der Waals surface area contributed by atoms with Crippen LogP contribution in [0.3, 0.4) is 0 Å². The maximum absolute atomic E-state index is 13.5. The molecule has 0 saturated heterocycles. The molecular weight excluding hydrogens is 560 g/mol. The Morgan fingerprint density at radius 2 is 1.93 bits per heavy atom. The summed E-state index contributed by atoms with van der Waals surface area (Å²) in [5.41, 5.74) is -2.81. The van der Waals surface area contributed by atoms with E-state index in [4.69, 9.17) is 26.8 Å². The molecule has 228 valence electrons. The summed E-state index contributed by atoms with van der Waals surface area (Å²) in [5.74, 6) is -3.11. The number of esters is 1. The SMILES string of the molecule is C[C@H]1C[C@H]2[C@@H]3CCC4=CC(=O)C=C[C@]4(C)[C@@]3(Cl)[C@@H](O)C[C@]2(C)[C@@]1(O)C(=O)COC(=O)CNC(=O)CCCON(O)O. The van der Waals surface area contributed by atoms with Gasteiger partial charge >= 0.3 is 5.97 Å². The zero-order valence-corrected chi connectivity index (χ0v) is 24.2. The molecule has 0 aromatic carbocycles. The number of rotatable bonds is 10. The first-order valence-electron chi connectivity index (χ1n) is 13.9. The third-order valence-corrected chi connectivity index (χ3v) is 11.1. The molecule has 0 aromatic rings. The van der Waals surface area contributed by atoms with Crippen molar-refractivity contribution in [2.24, 2.45) is 28.6 Å². The molecule has 0 spiro atoms. The topological polar surface area (TPSA) is 183 Å². The monoisotopic (exact) mass is 598 g/mol. The number of aliphatic hydroxyl groups is 2. The number of carbonyl (C=O) groups excluding carboxylic acids is 4. The fourth-order valence-electron chi connectivity index (χ4n) is 8.09. The molecule has 5 N–H and O–H groups in total. The van der Waals surface area contributed by atoms with Crippen LogP contribution in [0.5, 0.6) is 0 Å². The van der Waals surface area contributed by atoms with Crippen molar-refractivity contribution >= 4 is 35.0 Å². The van der Waals surface area contributed by atoms with Gasteiger partial charge in [0.2, 0.25) is 11.7 Å². The summed E-state index contributed by atoms with van der Waals surface area (Å²) in [7, 11) is 0. The number of nitrogens with zero attached hydrogens (tertiary/aromatic N) is 1. The molecule has 0 unspecified atom stereocenters. The van der Waals surface area contributed by atoms with Gasteiger partial charge in [-0.05, 0) is 62.0 Å². The van der Waals surface area contributed by atoms with Crippen molar-refractivity contribution in [1.29, 1.82) is 0 Å². The van der Waals surface area contributed by atoms with Gasteiger partial charge in [-0.2, -0.15) is 0 Å². The molecule has 0 bridgehead atoms. The van der Waals surface area contributed by atoms with Crippen LogP contribution >= 0.6 is 11.6 Å². The molecule has 0 aliphatic heterocycles. The van der Waals surface area contributed by atoms with E-state index in [2.05, 4.69) is 10.2 Å². The van der Waals surface area contributed by atoms with E-state index in [1.807, 2.05) is 6.92 Å². The molecule has 8 atom stereocenters. The Balaban J connectivity index is 1.42. The van der Waals surface area contributed by atoms with Crippen LogP contribution in [0.4, 0.5) is 0 Å². The van der Waals surface area contributed by atoms with Crippen LogP contribution in [-0.2, 0) is 28.8 Å². The molecule has 13 heteroatoms. The number of alkyl halides is 1. The number of halogens is 1. The predicted molar refractivity (Wildman–Crippen MR) is 142 cm³/mol. The summed E-state index contributed by atoms with van der Waals surface area (Å²) in [6.07, 6.45) is 5.64. The molecule has 3 saturated carbocycles. The van der Waals surface area contributed by atoms with Gasteiger partial charge in [0.15, 0.2) is 12.4 Å². The lowest BCUT2D eigenvalue weighted by Crippen LogP contribution is -2.69. The third-order valence-electron chi connectivity index (χ3n) is 10.2. The van der Waals surface area contributed by atoms with Crippen molar-refractivity contribution in [2.45, 2.75) is 75.9 Å². The van der Waals surface area contributed by atoms with Crippen LogP contribution in [0.2, 0.25) is 0 Å². The molecule has 0 aromatic heterocycles. The standard InChI is InChI=1S/C28H39ClN2O10/c1-16-11-20-19-7-6-17-12-18(32)8-9-25(17,2)27(19,29)21(33)13-26(20,3)28(16,37)22(34)15-40-24(36)14-30-23(35)5-4-10-41-31(38)39/h8-9,12,16,19-21,33,37-39H,4-7,10-11,13-15H2,1-3H3,(H,30,35)/t16-,19-,20-,21-,25-,26-,27-,28-/m0/s1. The first-order chi connectivity index (χ1) is 19.1. The second kappa shape index (κ2) is 11.5. The molecule has 3 fully saturated rings. The zero-order valence-electron chi connectivity index (χ0n) is 23.5. The Morgan fingerprint density at radius 3 is 2.61 bits per heavy atom. The highest BCUT2D eigenvalue weighted by molar-refractivity contribution is 6.26. The summed E-state index contributed by atoms with van der Waals surface area (Å²) >= 11 is 7.40. The first kappa shape index (κ1) is 31.7. The number of nitrogens with one attached hydrogen (secondary N) is 1. The lowest BCUT2D eigenvalue weighted by molar-refractivity contribution is -0.492. The van der Waals surface area contributed by atoms with Crippen LogP contribution in [0.25, 0.3) is 0 Å². The molecular formula is C28H39ClN2O10. The Hall–Kier alpha value is -2.19. The van der Waals surface area contributed by atoms with Gasteiger partial charge in [-0.1, -0.05) is 32.4 Å². The Kier molecular flexibility index (Phi) is 8.89. The Morgan fingerprint density at radius 1 is 1.22 bits per heavy atom. The number of carbonyl (C=O) groups is 4. The van der Waals surface area contributed by atoms with Crippen LogP contribution in [0.1, 0.15) is 59.3 Å². The number of amides is 1. The fourth-order valence-corrected chi connectivity index (χ4v) is 8.61. The van der Waals surface area contributed by atoms with Gasteiger partial charge in [0.05, 0.1) is 23.0 Å². The van der Waals surface area contributed by atoms with E-state index in [0.717, 1.165) is 5.57 Å². The summed E-state index contributed by atoms with van der Waals surface area (Å²) < 4.78 is 5.11. The number of aliphatic hydroxyl groups excluding tert-OH is 1. The third kappa shape index (κ3) is 5.17. The smallest absolute Gasteiger partial charge is 0.325 e. The van der Waals surface area contributed by atoms with Gasteiger partial charge < -0.3 is 20.3 Å². The van der Waals surface area contributed by atoms with Crippen LogP contribution in [0, 0.1) is 28.6 Å². The summed E-state index contributed by atoms with van der Waals surface area (Å²) in [6, 6.07) is 0. The summed E-state index contributed by atoms with van der Waals surface area (Å²) in [6.45, 7) is 4.18. The van der Waals surface area contributed by atoms with Gasteiger partial charge in [0, 0.05) is 17.3 Å². The summed E-state index contributed by atoms with van der Waals surface area (Å²) in [5, 5.41) is 42.4. The fraction of sp³-hybridized carbons (Fsp3) is 0.714. The zero-order chi connectivity index (χ0) is 30.4. The van der Waals surface area contributed by atoms with Gasteiger partial charge in [-0.3, -0.25) is 34.4 Å². The van der Waals surface area contributed by atoms with Gasteiger partial charge in [-0.25, -0.2) is 0 Å². The van der Waals surface area contributed by atoms with Crippen LogP contribution < -0.4 is 5.32 Å². The van der Waals surface area contributed by atoms with Crippen molar-refractivity contribution in [2.75, 3.05) is 19.8 Å². The highest BCUT2D eigenvalue weighted by atomic mass is 35.5. The van der Waals surface area contributed by atoms with Gasteiger partial charge in [0.25, 0.3) is 0 Å². The Labute approximate surface area is 243 Å².